The Hall–Kier alpha value is -1.90. The molecule has 0 bridgehead atoms. The van der Waals surface area contributed by atoms with Crippen LogP contribution in [0.3, 0.4) is 0 Å². The highest BCUT2D eigenvalue weighted by Gasteiger charge is 2.15. The first kappa shape index (κ1) is 12.2. The van der Waals surface area contributed by atoms with E-state index in [9.17, 15) is 5.26 Å². The Balaban J connectivity index is 2.25. The maximum atomic E-state index is 9.26. The van der Waals surface area contributed by atoms with Gasteiger partial charge in [0.15, 0.2) is 0 Å². The number of halogens is 1. The lowest BCUT2D eigenvalue weighted by atomic mass is 10.1. The molecule has 0 aromatic carbocycles. The molecule has 0 N–H and O–H groups in total. The van der Waals surface area contributed by atoms with Crippen molar-refractivity contribution in [1.29, 1.82) is 5.26 Å². The van der Waals surface area contributed by atoms with Crippen LogP contribution in [0.5, 0.6) is 0 Å². The largest absolute Gasteiger partial charge is 0.464 e. The molecule has 3 aromatic heterocycles. The third-order valence-electron chi connectivity index (χ3n) is 2.65. The second-order valence-electron chi connectivity index (χ2n) is 3.79. The molecule has 0 spiro atoms. The van der Waals surface area contributed by atoms with Crippen LogP contribution in [0.15, 0.2) is 51.0 Å². The quantitative estimate of drug-likeness (QED) is 0.639. The molecular weight excluding hydrogens is 324 g/mol. The summed E-state index contributed by atoms with van der Waals surface area (Å²) in [5, 5.41) is 11.3. The van der Waals surface area contributed by atoms with Crippen molar-refractivity contribution in [3.63, 3.8) is 0 Å². The first-order valence-electron chi connectivity index (χ1n) is 5.48. The third kappa shape index (κ3) is 2.21. The topological polar surface area (TPSA) is 49.8 Å². The van der Waals surface area contributed by atoms with E-state index in [-0.39, 0.29) is 0 Å². The summed E-state index contributed by atoms with van der Waals surface area (Å²) in [6.45, 7) is 0. The fourth-order valence-electron chi connectivity index (χ4n) is 1.80. The molecule has 0 amide bonds. The van der Waals surface area contributed by atoms with E-state index < -0.39 is 0 Å². The van der Waals surface area contributed by atoms with Crippen molar-refractivity contribution in [2.45, 2.75) is 0 Å². The van der Waals surface area contributed by atoms with Crippen molar-refractivity contribution < 1.29 is 4.42 Å². The fraction of sp³-hybridized carbons (Fsp3) is 0. The van der Waals surface area contributed by atoms with E-state index in [0.717, 1.165) is 16.1 Å². The van der Waals surface area contributed by atoms with Crippen molar-refractivity contribution in [1.82, 2.24) is 4.98 Å². The van der Waals surface area contributed by atoms with Crippen molar-refractivity contribution in [3.8, 4) is 28.0 Å². The molecule has 3 rings (SSSR count). The van der Waals surface area contributed by atoms with Crippen LogP contribution in [-0.2, 0) is 0 Å². The van der Waals surface area contributed by atoms with E-state index in [0.29, 0.717) is 15.9 Å². The van der Waals surface area contributed by atoms with Crippen LogP contribution in [0.1, 0.15) is 5.56 Å². The summed E-state index contributed by atoms with van der Waals surface area (Å²) in [6, 6.07) is 11.6. The first-order valence-corrected chi connectivity index (χ1v) is 7.15. The van der Waals surface area contributed by atoms with Gasteiger partial charge >= 0.3 is 0 Å². The summed E-state index contributed by atoms with van der Waals surface area (Å²) < 4.78 is 5.93. The minimum Gasteiger partial charge on any atom is -0.464 e. The normalized spacial score (nSPS) is 10.3. The van der Waals surface area contributed by atoms with E-state index in [2.05, 4.69) is 27.0 Å². The van der Waals surface area contributed by atoms with E-state index in [4.69, 9.17) is 4.42 Å². The Morgan fingerprint density at radius 2 is 2.21 bits per heavy atom. The van der Waals surface area contributed by atoms with Crippen LogP contribution in [0.4, 0.5) is 0 Å². The van der Waals surface area contributed by atoms with Gasteiger partial charge in [-0.05, 0) is 45.6 Å². The van der Waals surface area contributed by atoms with Gasteiger partial charge in [0.25, 0.3) is 0 Å². The van der Waals surface area contributed by atoms with Crippen LogP contribution in [0.2, 0.25) is 0 Å². The molecule has 19 heavy (non-hydrogen) atoms. The highest BCUT2D eigenvalue weighted by molar-refractivity contribution is 9.10. The number of hydrogen-bond donors (Lipinski definition) is 0. The zero-order chi connectivity index (χ0) is 13.2. The monoisotopic (exact) mass is 330 g/mol. The zero-order valence-electron chi connectivity index (χ0n) is 9.63. The number of hydrogen-bond acceptors (Lipinski definition) is 4. The Bertz CT molecular complexity index is 743. The van der Waals surface area contributed by atoms with Gasteiger partial charge in [-0.3, -0.25) is 0 Å². The molecule has 3 heterocycles. The minimum absolute atomic E-state index is 0.482. The van der Waals surface area contributed by atoms with E-state index >= 15 is 0 Å². The number of aromatic nitrogens is 1. The van der Waals surface area contributed by atoms with Crippen molar-refractivity contribution in [2.75, 3.05) is 0 Å². The molecule has 0 aliphatic carbocycles. The lowest BCUT2D eigenvalue weighted by Crippen LogP contribution is -1.91. The van der Waals surface area contributed by atoms with Crippen LogP contribution in [-0.4, -0.2) is 4.98 Å². The summed E-state index contributed by atoms with van der Waals surface area (Å²) in [6.07, 6.45) is 1.59. The zero-order valence-corrected chi connectivity index (χ0v) is 12.0. The molecule has 92 valence electrons. The SMILES string of the molecule is N#Cc1c(-c2ccco2)cc(-c2cccs2)nc1Br. The maximum Gasteiger partial charge on any atom is 0.135 e. The molecule has 0 saturated heterocycles. The van der Waals surface area contributed by atoms with E-state index in [1.807, 2.05) is 29.6 Å². The second-order valence-corrected chi connectivity index (χ2v) is 5.49. The summed E-state index contributed by atoms with van der Waals surface area (Å²) in [4.78, 5) is 5.47. The summed E-state index contributed by atoms with van der Waals surface area (Å²) >= 11 is 4.97. The predicted octanol–water partition coefficient (Wildman–Crippen LogP) is 4.70. The Morgan fingerprint density at radius 1 is 1.32 bits per heavy atom. The lowest BCUT2D eigenvalue weighted by molar-refractivity contribution is 0.582. The Kier molecular flexibility index (Phi) is 3.20. The highest BCUT2D eigenvalue weighted by atomic mass is 79.9. The molecule has 3 aromatic rings. The number of pyridine rings is 1. The fourth-order valence-corrected chi connectivity index (χ4v) is 2.98. The summed E-state index contributed by atoms with van der Waals surface area (Å²) in [5.74, 6) is 0.664. The Labute approximate surface area is 122 Å². The molecule has 5 heteroatoms. The molecule has 0 fully saturated rings. The number of nitrogens with zero attached hydrogens (tertiary/aromatic N) is 2. The second kappa shape index (κ2) is 5.00. The van der Waals surface area contributed by atoms with Crippen LogP contribution in [0.25, 0.3) is 21.9 Å². The van der Waals surface area contributed by atoms with E-state index in [1.165, 1.54) is 0 Å². The number of rotatable bonds is 2. The third-order valence-corrected chi connectivity index (χ3v) is 4.11. The van der Waals surface area contributed by atoms with Crippen LogP contribution in [0, 0.1) is 11.3 Å². The molecule has 3 nitrogen and oxygen atoms in total. The van der Waals surface area contributed by atoms with Gasteiger partial charge in [0.2, 0.25) is 0 Å². The molecule has 0 saturated carbocycles. The molecule has 0 atom stereocenters. The van der Waals surface area contributed by atoms with Crippen LogP contribution >= 0.6 is 27.3 Å². The lowest BCUT2D eigenvalue weighted by Gasteiger charge is -2.06. The van der Waals surface area contributed by atoms with Gasteiger partial charge in [-0.15, -0.1) is 11.3 Å². The van der Waals surface area contributed by atoms with Gasteiger partial charge in [0, 0.05) is 5.56 Å². The highest BCUT2D eigenvalue weighted by Crippen LogP contribution is 2.33. The van der Waals surface area contributed by atoms with Gasteiger partial charge in [0.05, 0.1) is 22.4 Å². The summed E-state index contributed by atoms with van der Waals surface area (Å²) in [7, 11) is 0. The molecule has 0 aliphatic heterocycles. The molecule has 0 unspecified atom stereocenters. The average molecular weight is 331 g/mol. The first-order chi connectivity index (χ1) is 9.29. The number of thiophene rings is 1. The summed E-state index contributed by atoms with van der Waals surface area (Å²) in [5.41, 5.74) is 2.06. The van der Waals surface area contributed by atoms with Crippen LogP contribution < -0.4 is 0 Å². The molecular formula is C14H7BrN2OS. The van der Waals surface area contributed by atoms with Gasteiger partial charge in [0.1, 0.15) is 16.4 Å². The van der Waals surface area contributed by atoms with Gasteiger partial charge in [-0.25, -0.2) is 4.98 Å². The predicted molar refractivity (Wildman–Crippen MR) is 77.7 cm³/mol. The van der Waals surface area contributed by atoms with Crippen molar-refractivity contribution >= 4 is 27.3 Å². The average Bonchev–Trinajstić information content (AvgIpc) is 3.11. The smallest absolute Gasteiger partial charge is 0.135 e. The van der Waals surface area contributed by atoms with E-state index in [1.54, 1.807) is 23.7 Å². The standard InChI is InChI=1S/C14H7BrN2OS/c15-14-10(8-16)9(12-3-1-5-18-12)7-11(17-14)13-4-2-6-19-13/h1-7H. The number of nitriles is 1. The maximum absolute atomic E-state index is 9.26. The van der Waals surface area contributed by atoms with Crippen molar-refractivity contribution in [3.05, 3.63) is 52.1 Å². The van der Waals surface area contributed by atoms with Gasteiger partial charge < -0.3 is 4.42 Å². The minimum atomic E-state index is 0.482. The molecule has 0 radical (unpaired) electrons. The number of furan rings is 1. The van der Waals surface area contributed by atoms with Crippen molar-refractivity contribution in [2.24, 2.45) is 0 Å². The molecule has 0 aliphatic rings. The van der Waals surface area contributed by atoms with Gasteiger partial charge in [-0.2, -0.15) is 5.26 Å². The Morgan fingerprint density at radius 3 is 2.84 bits per heavy atom. The van der Waals surface area contributed by atoms with Gasteiger partial charge in [-0.1, -0.05) is 6.07 Å².